The standard InChI is InChI=1S/C16H18BrNO5/c1-9-2-3-10(16(20)21)8-18(9)15(19)11-6-12(17)14-13(7-11)22-4-5-23-14/h6-7,9-10H,2-5,8H2,1H3,(H,20,21). The molecule has 1 aromatic rings. The average molecular weight is 384 g/mol. The Hall–Kier alpha value is -1.76. The zero-order chi connectivity index (χ0) is 16.6. The van der Waals surface area contributed by atoms with E-state index >= 15 is 0 Å². The normalized spacial score (nSPS) is 23.5. The molecule has 7 heteroatoms. The number of piperidine rings is 1. The second-order valence-corrected chi connectivity index (χ2v) is 6.76. The number of carboxylic acids is 1. The molecule has 0 aromatic heterocycles. The van der Waals surface area contributed by atoms with Gasteiger partial charge in [0.2, 0.25) is 0 Å². The topological polar surface area (TPSA) is 76.1 Å². The summed E-state index contributed by atoms with van der Waals surface area (Å²) in [5.41, 5.74) is 0.471. The van der Waals surface area contributed by atoms with Gasteiger partial charge in [0.15, 0.2) is 11.5 Å². The minimum atomic E-state index is -0.849. The number of ether oxygens (including phenoxy) is 2. The van der Waals surface area contributed by atoms with Gasteiger partial charge in [-0.25, -0.2) is 0 Å². The number of fused-ring (bicyclic) bond motifs is 1. The van der Waals surface area contributed by atoms with Crippen LogP contribution in [0.3, 0.4) is 0 Å². The van der Waals surface area contributed by atoms with Crippen LogP contribution in [0.4, 0.5) is 0 Å². The molecular formula is C16H18BrNO5. The SMILES string of the molecule is CC1CCC(C(=O)O)CN1C(=O)c1cc(Br)c2c(c1)OCCO2. The summed E-state index contributed by atoms with van der Waals surface area (Å²) < 4.78 is 11.7. The molecule has 23 heavy (non-hydrogen) atoms. The van der Waals surface area contributed by atoms with Crippen molar-refractivity contribution in [1.82, 2.24) is 4.90 Å². The molecule has 1 aromatic carbocycles. The summed E-state index contributed by atoms with van der Waals surface area (Å²) in [5.74, 6) is -0.397. The van der Waals surface area contributed by atoms with Crippen LogP contribution in [-0.2, 0) is 4.79 Å². The fraction of sp³-hybridized carbons (Fsp3) is 0.500. The van der Waals surface area contributed by atoms with Crippen LogP contribution >= 0.6 is 15.9 Å². The van der Waals surface area contributed by atoms with E-state index in [1.54, 1.807) is 17.0 Å². The lowest BCUT2D eigenvalue weighted by atomic mass is 9.93. The average Bonchev–Trinajstić information content (AvgIpc) is 2.54. The van der Waals surface area contributed by atoms with Crippen molar-refractivity contribution < 1.29 is 24.2 Å². The smallest absolute Gasteiger partial charge is 0.308 e. The van der Waals surface area contributed by atoms with Gasteiger partial charge in [-0.2, -0.15) is 0 Å². The first kappa shape index (κ1) is 16.1. The number of nitrogens with zero attached hydrogens (tertiary/aromatic N) is 1. The zero-order valence-electron chi connectivity index (χ0n) is 12.8. The van der Waals surface area contributed by atoms with E-state index in [9.17, 15) is 14.7 Å². The van der Waals surface area contributed by atoms with E-state index in [2.05, 4.69) is 15.9 Å². The maximum Gasteiger partial charge on any atom is 0.308 e. The van der Waals surface area contributed by atoms with E-state index in [-0.39, 0.29) is 18.5 Å². The van der Waals surface area contributed by atoms with Gasteiger partial charge in [0, 0.05) is 18.2 Å². The molecule has 0 bridgehead atoms. The number of amides is 1. The van der Waals surface area contributed by atoms with Crippen LogP contribution in [0.2, 0.25) is 0 Å². The number of aliphatic carboxylic acids is 1. The molecule has 0 spiro atoms. The van der Waals surface area contributed by atoms with Crippen molar-refractivity contribution in [3.05, 3.63) is 22.2 Å². The van der Waals surface area contributed by atoms with Crippen LogP contribution in [0.5, 0.6) is 11.5 Å². The number of hydrogen-bond acceptors (Lipinski definition) is 4. The van der Waals surface area contributed by atoms with Gasteiger partial charge in [-0.3, -0.25) is 9.59 Å². The highest BCUT2D eigenvalue weighted by molar-refractivity contribution is 9.10. The largest absolute Gasteiger partial charge is 0.486 e. The Bertz CT molecular complexity index is 648. The highest BCUT2D eigenvalue weighted by Crippen LogP contribution is 2.39. The molecule has 6 nitrogen and oxygen atoms in total. The van der Waals surface area contributed by atoms with E-state index in [1.165, 1.54) is 0 Å². The molecule has 2 aliphatic rings. The van der Waals surface area contributed by atoms with Gasteiger partial charge in [0.1, 0.15) is 13.2 Å². The van der Waals surface area contributed by atoms with Crippen molar-refractivity contribution in [2.24, 2.45) is 5.92 Å². The van der Waals surface area contributed by atoms with Crippen LogP contribution in [-0.4, -0.2) is 47.7 Å². The van der Waals surface area contributed by atoms with Crippen LogP contribution < -0.4 is 9.47 Å². The van der Waals surface area contributed by atoms with Crippen LogP contribution in [0, 0.1) is 5.92 Å². The molecule has 3 rings (SSSR count). The molecule has 0 saturated carbocycles. The molecule has 124 valence electrons. The van der Waals surface area contributed by atoms with Crippen molar-refractivity contribution in [3.8, 4) is 11.5 Å². The van der Waals surface area contributed by atoms with E-state index in [4.69, 9.17) is 9.47 Å². The summed E-state index contributed by atoms with van der Waals surface area (Å²) in [6, 6.07) is 3.39. The highest BCUT2D eigenvalue weighted by atomic mass is 79.9. The van der Waals surface area contributed by atoms with E-state index in [0.29, 0.717) is 47.6 Å². The van der Waals surface area contributed by atoms with Crippen molar-refractivity contribution in [2.45, 2.75) is 25.8 Å². The molecule has 0 aliphatic carbocycles. The lowest BCUT2D eigenvalue weighted by Crippen LogP contribution is -2.47. The number of carbonyl (C=O) groups excluding carboxylic acids is 1. The fourth-order valence-electron chi connectivity index (χ4n) is 2.99. The zero-order valence-corrected chi connectivity index (χ0v) is 14.3. The first-order valence-electron chi connectivity index (χ1n) is 7.60. The molecule has 2 atom stereocenters. The lowest BCUT2D eigenvalue weighted by Gasteiger charge is -2.36. The van der Waals surface area contributed by atoms with Crippen molar-refractivity contribution in [1.29, 1.82) is 0 Å². The Balaban J connectivity index is 1.87. The van der Waals surface area contributed by atoms with Crippen LogP contribution in [0.15, 0.2) is 16.6 Å². The number of carbonyl (C=O) groups is 2. The predicted octanol–water partition coefficient (Wildman–Crippen LogP) is 2.55. The second-order valence-electron chi connectivity index (χ2n) is 5.90. The summed E-state index contributed by atoms with van der Waals surface area (Å²) >= 11 is 3.41. The minimum Gasteiger partial charge on any atom is -0.486 e. The Labute approximate surface area is 142 Å². The Morgan fingerprint density at radius 1 is 1.26 bits per heavy atom. The van der Waals surface area contributed by atoms with E-state index in [0.717, 1.165) is 0 Å². The van der Waals surface area contributed by atoms with Crippen molar-refractivity contribution in [3.63, 3.8) is 0 Å². The van der Waals surface area contributed by atoms with Gasteiger partial charge >= 0.3 is 5.97 Å². The number of hydrogen-bond donors (Lipinski definition) is 1. The molecule has 1 amide bonds. The van der Waals surface area contributed by atoms with Gasteiger partial charge in [0.05, 0.1) is 10.4 Å². The summed E-state index contributed by atoms with van der Waals surface area (Å²) in [6.07, 6.45) is 1.29. The van der Waals surface area contributed by atoms with Gasteiger partial charge < -0.3 is 19.5 Å². The second kappa shape index (κ2) is 6.39. The van der Waals surface area contributed by atoms with Gasteiger partial charge in [0.25, 0.3) is 5.91 Å². The van der Waals surface area contributed by atoms with Gasteiger partial charge in [-0.15, -0.1) is 0 Å². The maximum absolute atomic E-state index is 12.8. The fourth-order valence-corrected chi connectivity index (χ4v) is 3.55. The third kappa shape index (κ3) is 3.15. The summed E-state index contributed by atoms with van der Waals surface area (Å²) in [4.78, 5) is 25.7. The maximum atomic E-state index is 12.8. The van der Waals surface area contributed by atoms with Crippen LogP contribution in [0.25, 0.3) is 0 Å². The lowest BCUT2D eigenvalue weighted by molar-refractivity contribution is -0.143. The number of likely N-dealkylation sites (tertiary alicyclic amines) is 1. The molecule has 1 saturated heterocycles. The van der Waals surface area contributed by atoms with Crippen molar-refractivity contribution >= 4 is 27.8 Å². The Morgan fingerprint density at radius 2 is 2.00 bits per heavy atom. The van der Waals surface area contributed by atoms with Gasteiger partial charge in [-0.1, -0.05) is 0 Å². The first-order chi connectivity index (χ1) is 11.0. The number of halogens is 1. The molecular weight excluding hydrogens is 366 g/mol. The Morgan fingerprint density at radius 3 is 2.74 bits per heavy atom. The third-order valence-electron chi connectivity index (χ3n) is 4.34. The summed E-state index contributed by atoms with van der Waals surface area (Å²) in [7, 11) is 0. The molecule has 2 aliphatic heterocycles. The molecule has 2 unspecified atom stereocenters. The summed E-state index contributed by atoms with van der Waals surface area (Å²) in [6.45, 7) is 3.10. The van der Waals surface area contributed by atoms with E-state index < -0.39 is 11.9 Å². The molecule has 0 radical (unpaired) electrons. The van der Waals surface area contributed by atoms with E-state index in [1.807, 2.05) is 6.92 Å². The number of rotatable bonds is 2. The summed E-state index contributed by atoms with van der Waals surface area (Å²) in [5, 5.41) is 9.21. The van der Waals surface area contributed by atoms with Crippen molar-refractivity contribution in [2.75, 3.05) is 19.8 Å². The first-order valence-corrected chi connectivity index (χ1v) is 8.39. The monoisotopic (exact) mass is 383 g/mol. The predicted molar refractivity (Wildman–Crippen MR) is 86.0 cm³/mol. The number of carboxylic acid groups (broad SMARTS) is 1. The highest BCUT2D eigenvalue weighted by Gasteiger charge is 2.33. The van der Waals surface area contributed by atoms with Crippen LogP contribution in [0.1, 0.15) is 30.1 Å². The number of benzene rings is 1. The quantitative estimate of drug-likeness (QED) is 0.848. The molecule has 2 heterocycles. The molecule has 1 fully saturated rings. The van der Waals surface area contributed by atoms with Gasteiger partial charge in [-0.05, 0) is 47.8 Å². The minimum absolute atomic E-state index is 0.0186. The molecule has 1 N–H and O–H groups in total. The Kier molecular flexibility index (Phi) is 4.48. The third-order valence-corrected chi connectivity index (χ3v) is 4.92.